The Bertz CT molecular complexity index is 1310. The van der Waals surface area contributed by atoms with Crippen molar-refractivity contribution in [3.63, 3.8) is 0 Å². The van der Waals surface area contributed by atoms with Gasteiger partial charge in [0, 0.05) is 19.3 Å². The van der Waals surface area contributed by atoms with Gasteiger partial charge >= 0.3 is 17.9 Å². The van der Waals surface area contributed by atoms with E-state index in [9.17, 15) is 14.4 Å². The number of carbonyl (C=O) groups is 3. The molecule has 0 aromatic heterocycles. The van der Waals surface area contributed by atoms with Gasteiger partial charge in [-0.25, -0.2) is 0 Å². The van der Waals surface area contributed by atoms with Crippen LogP contribution in [0.15, 0.2) is 97.2 Å². The van der Waals surface area contributed by atoms with Crippen LogP contribution in [-0.4, -0.2) is 37.2 Å². The van der Waals surface area contributed by atoms with Crippen molar-refractivity contribution in [2.24, 2.45) is 0 Å². The number of rotatable bonds is 47. The zero-order chi connectivity index (χ0) is 47.2. The topological polar surface area (TPSA) is 78.9 Å². The molecular weight excluding hydrogens is 805 g/mol. The van der Waals surface area contributed by atoms with E-state index in [1.165, 1.54) is 77.0 Å². The molecule has 6 heteroatoms. The van der Waals surface area contributed by atoms with Crippen molar-refractivity contribution in [2.75, 3.05) is 13.2 Å². The highest BCUT2D eigenvalue weighted by Crippen LogP contribution is 2.14. The fourth-order valence-electron chi connectivity index (χ4n) is 7.06. The number of esters is 3. The van der Waals surface area contributed by atoms with Crippen molar-refractivity contribution in [3.8, 4) is 0 Å². The molecule has 0 aromatic carbocycles. The van der Waals surface area contributed by atoms with Crippen LogP contribution in [0.2, 0.25) is 0 Å². The molecule has 0 saturated heterocycles. The number of unbranched alkanes of at least 4 members (excludes halogenated alkanes) is 20. The largest absolute Gasteiger partial charge is 0.462 e. The smallest absolute Gasteiger partial charge is 0.306 e. The summed E-state index contributed by atoms with van der Waals surface area (Å²) in [6.45, 7) is 6.39. The van der Waals surface area contributed by atoms with Gasteiger partial charge < -0.3 is 14.2 Å². The third-order valence-corrected chi connectivity index (χ3v) is 11.1. The number of carbonyl (C=O) groups excluding carboxylic acids is 3. The van der Waals surface area contributed by atoms with Gasteiger partial charge in [-0.05, 0) is 103 Å². The second-order valence-electron chi connectivity index (χ2n) is 17.4. The van der Waals surface area contributed by atoms with Crippen molar-refractivity contribution >= 4 is 17.9 Å². The highest BCUT2D eigenvalue weighted by molar-refractivity contribution is 5.71. The Morgan fingerprint density at radius 1 is 0.323 bits per heavy atom. The fraction of sp³-hybridized carbons (Fsp3) is 0.678. The molecule has 0 N–H and O–H groups in total. The molecule has 1 unspecified atom stereocenters. The van der Waals surface area contributed by atoms with Gasteiger partial charge in [-0.15, -0.1) is 0 Å². The highest BCUT2D eigenvalue weighted by Gasteiger charge is 2.19. The van der Waals surface area contributed by atoms with E-state index < -0.39 is 6.10 Å². The Balaban J connectivity index is 4.22. The minimum absolute atomic E-state index is 0.0891. The molecule has 370 valence electrons. The van der Waals surface area contributed by atoms with Crippen molar-refractivity contribution in [1.29, 1.82) is 0 Å². The minimum Gasteiger partial charge on any atom is -0.462 e. The molecule has 6 nitrogen and oxygen atoms in total. The van der Waals surface area contributed by atoms with Gasteiger partial charge in [-0.3, -0.25) is 14.4 Å². The first-order chi connectivity index (χ1) is 32.0. The maximum atomic E-state index is 12.8. The Labute approximate surface area is 400 Å². The van der Waals surface area contributed by atoms with Crippen LogP contribution >= 0.6 is 0 Å². The molecule has 0 amide bonds. The second kappa shape index (κ2) is 52.9. The number of hydrogen-bond donors (Lipinski definition) is 0. The van der Waals surface area contributed by atoms with Crippen molar-refractivity contribution in [3.05, 3.63) is 97.2 Å². The first-order valence-electron chi connectivity index (χ1n) is 26.7. The molecule has 0 rings (SSSR count). The molecule has 0 aromatic rings. The van der Waals surface area contributed by atoms with E-state index in [-0.39, 0.29) is 31.1 Å². The summed E-state index contributed by atoms with van der Waals surface area (Å²) in [6, 6.07) is 0. The summed E-state index contributed by atoms with van der Waals surface area (Å²) in [5.74, 6) is -0.935. The maximum Gasteiger partial charge on any atom is 0.306 e. The van der Waals surface area contributed by atoms with Gasteiger partial charge in [0.25, 0.3) is 0 Å². The van der Waals surface area contributed by atoms with Crippen molar-refractivity contribution in [1.82, 2.24) is 0 Å². The lowest BCUT2D eigenvalue weighted by molar-refractivity contribution is -0.167. The Morgan fingerprint density at radius 2 is 0.600 bits per heavy atom. The molecule has 0 heterocycles. The Morgan fingerprint density at radius 3 is 0.969 bits per heavy atom. The van der Waals surface area contributed by atoms with Crippen LogP contribution in [0.1, 0.15) is 239 Å². The summed E-state index contributed by atoms with van der Waals surface area (Å²) in [4.78, 5) is 37.7. The summed E-state index contributed by atoms with van der Waals surface area (Å²) in [5, 5.41) is 0. The number of ether oxygens (including phenoxy) is 3. The lowest BCUT2D eigenvalue weighted by Crippen LogP contribution is -2.30. The molecule has 1 atom stereocenters. The van der Waals surface area contributed by atoms with E-state index in [1.54, 1.807) is 0 Å². The molecule has 0 saturated carbocycles. The van der Waals surface area contributed by atoms with Crippen LogP contribution in [0.4, 0.5) is 0 Å². The summed E-state index contributed by atoms with van der Waals surface area (Å²) >= 11 is 0. The molecule has 0 bridgehead atoms. The SMILES string of the molecule is CC/C=C\C/C=C\C/C=C\C/C=C\C/C=C\C/C=C\CCCCCCC(=O)OCC(COC(=O)CCCCCCC)OC(=O)CCCCCCCCCCC/C=C\C/C=C\CCCCC. The Hall–Kier alpha value is -3.67. The van der Waals surface area contributed by atoms with Crippen LogP contribution in [0.5, 0.6) is 0 Å². The predicted octanol–water partition coefficient (Wildman–Crippen LogP) is 17.8. The summed E-state index contributed by atoms with van der Waals surface area (Å²) in [7, 11) is 0. The first-order valence-corrected chi connectivity index (χ1v) is 26.7. The Kier molecular flexibility index (Phi) is 50.0. The molecule has 65 heavy (non-hydrogen) atoms. The predicted molar refractivity (Wildman–Crippen MR) is 279 cm³/mol. The molecule has 0 fully saturated rings. The summed E-state index contributed by atoms with van der Waals surface area (Å²) < 4.78 is 16.7. The van der Waals surface area contributed by atoms with Gasteiger partial charge in [-0.1, -0.05) is 214 Å². The second-order valence-corrected chi connectivity index (χ2v) is 17.4. The summed E-state index contributed by atoms with van der Waals surface area (Å²) in [5.41, 5.74) is 0. The zero-order valence-corrected chi connectivity index (χ0v) is 42.2. The van der Waals surface area contributed by atoms with Crippen LogP contribution in [0, 0.1) is 0 Å². The molecule has 0 spiro atoms. The molecular formula is C59H98O6. The van der Waals surface area contributed by atoms with Crippen LogP contribution < -0.4 is 0 Å². The lowest BCUT2D eigenvalue weighted by atomic mass is 10.1. The van der Waals surface area contributed by atoms with Crippen molar-refractivity contribution < 1.29 is 28.6 Å². The molecule has 0 aliphatic heterocycles. The third-order valence-electron chi connectivity index (χ3n) is 11.1. The molecule has 0 aliphatic carbocycles. The van der Waals surface area contributed by atoms with Gasteiger partial charge in [0.05, 0.1) is 0 Å². The van der Waals surface area contributed by atoms with Gasteiger partial charge in [0.2, 0.25) is 0 Å². The van der Waals surface area contributed by atoms with Crippen LogP contribution in [0.3, 0.4) is 0 Å². The van der Waals surface area contributed by atoms with Gasteiger partial charge in [0.15, 0.2) is 6.10 Å². The first kappa shape index (κ1) is 61.3. The van der Waals surface area contributed by atoms with Gasteiger partial charge in [0.1, 0.15) is 13.2 Å². The quantitative estimate of drug-likeness (QED) is 0.0262. The standard InChI is InChI=1S/C59H98O6/c1-4-7-10-13-15-17-19-21-23-25-27-28-29-30-32-33-35-37-39-41-43-46-49-52-58(61)64-55-56(54-63-57(60)51-48-45-12-9-6-3)65-59(62)53-50-47-44-42-40-38-36-34-31-26-24-22-20-18-16-14-11-8-5-2/h7,10,15-18,21-24,27-28,30,32,35,37,56H,4-6,8-9,11-14,19-20,25-26,29,31,33-34,36,38-55H2,1-3H3/b10-7-,17-15-,18-16-,23-21-,24-22-,28-27-,32-30-,37-35-. The number of hydrogen-bond acceptors (Lipinski definition) is 6. The van der Waals surface area contributed by atoms with E-state index in [1.807, 2.05) is 0 Å². The van der Waals surface area contributed by atoms with E-state index in [0.717, 1.165) is 122 Å². The monoisotopic (exact) mass is 903 g/mol. The van der Waals surface area contributed by atoms with Crippen LogP contribution in [0.25, 0.3) is 0 Å². The van der Waals surface area contributed by atoms with E-state index >= 15 is 0 Å². The summed E-state index contributed by atoms with van der Waals surface area (Å²) in [6.07, 6.45) is 70.0. The molecule has 0 radical (unpaired) electrons. The van der Waals surface area contributed by atoms with E-state index in [4.69, 9.17) is 14.2 Å². The van der Waals surface area contributed by atoms with Crippen molar-refractivity contribution in [2.45, 2.75) is 245 Å². The van der Waals surface area contributed by atoms with E-state index in [0.29, 0.717) is 19.3 Å². The highest BCUT2D eigenvalue weighted by atomic mass is 16.6. The normalized spacial score (nSPS) is 12.8. The average molecular weight is 903 g/mol. The lowest BCUT2D eigenvalue weighted by Gasteiger charge is -2.18. The van der Waals surface area contributed by atoms with Crippen LogP contribution in [-0.2, 0) is 28.6 Å². The minimum atomic E-state index is -0.787. The number of allylic oxidation sites excluding steroid dienone is 16. The molecule has 0 aliphatic rings. The average Bonchev–Trinajstić information content (AvgIpc) is 3.30. The zero-order valence-electron chi connectivity index (χ0n) is 42.2. The maximum absolute atomic E-state index is 12.8. The third kappa shape index (κ3) is 51.2. The fourth-order valence-corrected chi connectivity index (χ4v) is 7.06. The van der Waals surface area contributed by atoms with Gasteiger partial charge in [-0.2, -0.15) is 0 Å². The van der Waals surface area contributed by atoms with E-state index in [2.05, 4.69) is 118 Å².